The van der Waals surface area contributed by atoms with Crippen LogP contribution in [0.25, 0.3) is 0 Å². The summed E-state index contributed by atoms with van der Waals surface area (Å²) in [6.45, 7) is 11.7. The number of hydrogen-bond donors (Lipinski definition) is 0. The Morgan fingerprint density at radius 1 is 0.857 bits per heavy atom. The Hall–Kier alpha value is -1.48. The van der Waals surface area contributed by atoms with Gasteiger partial charge in [0.05, 0.1) is 5.41 Å². The number of carbonyl (C=O) groups is 2. The summed E-state index contributed by atoms with van der Waals surface area (Å²) in [6.07, 6.45) is -16.8. The van der Waals surface area contributed by atoms with Crippen molar-refractivity contribution in [3.63, 3.8) is 0 Å². The van der Waals surface area contributed by atoms with Crippen molar-refractivity contribution in [2.45, 2.75) is 85.9 Å². The number of hydrogen-bond acceptors (Lipinski definition) is 4. The Kier molecular flexibility index (Phi) is 8.43. The normalized spacial score (nSPS) is 16.7. The van der Waals surface area contributed by atoms with E-state index in [1.807, 2.05) is 20.8 Å². The molecule has 4 nitrogen and oxygen atoms in total. The van der Waals surface area contributed by atoms with Crippen molar-refractivity contribution in [1.82, 2.24) is 0 Å². The standard InChI is InChI=1S/C18H28F6O4/c1-8-15(5,6)9-16(7,10(2)3)14(26)27-11(4)12(25)28-13(17(19,20)21)18(22,23)24/h10-11,13H,8-9H2,1-7H3. The molecule has 166 valence electrons. The van der Waals surface area contributed by atoms with Crippen LogP contribution in [-0.2, 0) is 19.1 Å². The molecule has 0 aliphatic heterocycles. The van der Waals surface area contributed by atoms with E-state index < -0.39 is 41.9 Å². The molecule has 2 unspecified atom stereocenters. The molecule has 0 fully saturated rings. The van der Waals surface area contributed by atoms with Crippen LogP contribution >= 0.6 is 0 Å². The minimum atomic E-state index is -5.84. The lowest BCUT2D eigenvalue weighted by Crippen LogP contribution is -2.48. The molecule has 28 heavy (non-hydrogen) atoms. The molecule has 2 atom stereocenters. The summed E-state index contributed by atoms with van der Waals surface area (Å²) in [4.78, 5) is 24.3. The quantitative estimate of drug-likeness (QED) is 0.386. The highest BCUT2D eigenvalue weighted by molar-refractivity contribution is 5.82. The SMILES string of the molecule is CCC(C)(C)CC(C)(C(=O)OC(C)C(=O)OC(C(F)(F)F)C(F)(F)F)C(C)C. The van der Waals surface area contributed by atoms with Gasteiger partial charge in [-0.25, -0.2) is 4.79 Å². The molecular weight excluding hydrogens is 394 g/mol. The van der Waals surface area contributed by atoms with E-state index in [1.54, 1.807) is 20.8 Å². The first-order valence-corrected chi connectivity index (χ1v) is 8.83. The van der Waals surface area contributed by atoms with Crippen LogP contribution < -0.4 is 0 Å². The number of ether oxygens (including phenoxy) is 2. The van der Waals surface area contributed by atoms with Crippen LogP contribution in [0.4, 0.5) is 26.3 Å². The average molecular weight is 422 g/mol. The van der Waals surface area contributed by atoms with Gasteiger partial charge < -0.3 is 9.47 Å². The van der Waals surface area contributed by atoms with E-state index >= 15 is 0 Å². The fourth-order valence-corrected chi connectivity index (χ4v) is 2.51. The summed E-state index contributed by atoms with van der Waals surface area (Å²) in [5, 5.41) is 0. The van der Waals surface area contributed by atoms with Crippen molar-refractivity contribution >= 4 is 11.9 Å². The maximum absolute atomic E-state index is 12.6. The smallest absolute Gasteiger partial charge is 0.434 e. The zero-order chi connectivity index (χ0) is 22.7. The van der Waals surface area contributed by atoms with Crippen LogP contribution in [-0.4, -0.2) is 36.5 Å². The lowest BCUT2D eigenvalue weighted by atomic mass is 9.67. The third kappa shape index (κ3) is 7.16. The highest BCUT2D eigenvalue weighted by atomic mass is 19.4. The molecule has 0 spiro atoms. The molecular formula is C18H28F6O4. The molecule has 0 saturated carbocycles. The highest BCUT2D eigenvalue weighted by Gasteiger charge is 2.60. The Morgan fingerprint density at radius 2 is 1.29 bits per heavy atom. The van der Waals surface area contributed by atoms with E-state index in [4.69, 9.17) is 4.74 Å². The van der Waals surface area contributed by atoms with Crippen LogP contribution in [0, 0.1) is 16.7 Å². The molecule has 0 aliphatic rings. The zero-order valence-corrected chi connectivity index (χ0v) is 17.0. The van der Waals surface area contributed by atoms with E-state index in [-0.39, 0.29) is 11.3 Å². The minimum absolute atomic E-state index is 0.257. The number of rotatable bonds is 8. The molecule has 0 rings (SSSR count). The second-order valence-corrected chi connectivity index (χ2v) is 8.21. The molecule has 0 N–H and O–H groups in total. The fourth-order valence-electron chi connectivity index (χ4n) is 2.51. The van der Waals surface area contributed by atoms with E-state index in [0.29, 0.717) is 6.42 Å². The van der Waals surface area contributed by atoms with Gasteiger partial charge in [-0.1, -0.05) is 41.0 Å². The van der Waals surface area contributed by atoms with Crippen LogP contribution in [0.2, 0.25) is 0 Å². The van der Waals surface area contributed by atoms with Gasteiger partial charge in [0.2, 0.25) is 0 Å². The molecule has 0 aromatic heterocycles. The monoisotopic (exact) mass is 422 g/mol. The van der Waals surface area contributed by atoms with Gasteiger partial charge in [-0.3, -0.25) is 4.79 Å². The van der Waals surface area contributed by atoms with Gasteiger partial charge in [0, 0.05) is 0 Å². The lowest BCUT2D eigenvalue weighted by Gasteiger charge is -2.38. The number of esters is 2. The second kappa shape index (κ2) is 8.90. The van der Waals surface area contributed by atoms with Gasteiger partial charge in [0.1, 0.15) is 0 Å². The van der Waals surface area contributed by atoms with Crippen LogP contribution in [0.1, 0.15) is 61.3 Å². The second-order valence-electron chi connectivity index (χ2n) is 8.21. The number of alkyl halides is 6. The lowest BCUT2D eigenvalue weighted by molar-refractivity contribution is -0.314. The van der Waals surface area contributed by atoms with Crippen molar-refractivity contribution in [2.24, 2.45) is 16.7 Å². The molecule has 0 heterocycles. The number of halogens is 6. The summed E-state index contributed by atoms with van der Waals surface area (Å²) in [6, 6.07) is 0. The summed E-state index contributed by atoms with van der Waals surface area (Å²) >= 11 is 0. The predicted molar refractivity (Wildman–Crippen MR) is 89.2 cm³/mol. The van der Waals surface area contributed by atoms with Crippen molar-refractivity contribution in [3.8, 4) is 0 Å². The van der Waals surface area contributed by atoms with Crippen molar-refractivity contribution in [2.75, 3.05) is 0 Å². The maximum atomic E-state index is 12.6. The van der Waals surface area contributed by atoms with Crippen molar-refractivity contribution < 1.29 is 45.4 Å². The van der Waals surface area contributed by atoms with E-state index in [1.165, 1.54) is 0 Å². The topological polar surface area (TPSA) is 52.6 Å². The summed E-state index contributed by atoms with van der Waals surface area (Å²) in [5.74, 6) is -3.06. The Bertz CT molecular complexity index is 539. The predicted octanol–water partition coefficient (Wildman–Crippen LogP) is 5.44. The van der Waals surface area contributed by atoms with Crippen molar-refractivity contribution in [3.05, 3.63) is 0 Å². The average Bonchev–Trinajstić information content (AvgIpc) is 2.49. The fraction of sp³-hybridized carbons (Fsp3) is 0.889. The third-order valence-corrected chi connectivity index (χ3v) is 4.99. The molecule has 10 heteroatoms. The molecule has 0 amide bonds. The highest BCUT2D eigenvalue weighted by Crippen LogP contribution is 2.42. The summed E-state index contributed by atoms with van der Waals surface area (Å²) in [7, 11) is 0. The first-order valence-electron chi connectivity index (χ1n) is 8.83. The van der Waals surface area contributed by atoms with Gasteiger partial charge in [-0.2, -0.15) is 26.3 Å². The molecule has 0 aliphatic carbocycles. The Balaban J connectivity index is 5.38. The van der Waals surface area contributed by atoms with Gasteiger partial charge in [-0.05, 0) is 31.6 Å². The molecule has 0 saturated heterocycles. The third-order valence-electron chi connectivity index (χ3n) is 4.99. The molecule has 0 aromatic carbocycles. The molecule has 0 aromatic rings. The van der Waals surface area contributed by atoms with Crippen LogP contribution in [0.15, 0.2) is 0 Å². The largest absolute Gasteiger partial charge is 0.450 e. The Labute approximate surface area is 160 Å². The summed E-state index contributed by atoms with van der Waals surface area (Å²) < 4.78 is 83.6. The minimum Gasteiger partial charge on any atom is -0.450 e. The van der Waals surface area contributed by atoms with E-state index in [2.05, 4.69) is 4.74 Å². The molecule has 0 radical (unpaired) electrons. The van der Waals surface area contributed by atoms with E-state index in [0.717, 1.165) is 13.3 Å². The molecule has 0 bridgehead atoms. The summed E-state index contributed by atoms with van der Waals surface area (Å²) in [5.41, 5.74) is -1.37. The van der Waals surface area contributed by atoms with Crippen LogP contribution in [0.5, 0.6) is 0 Å². The number of carbonyl (C=O) groups excluding carboxylic acids is 2. The first kappa shape index (κ1) is 26.5. The van der Waals surface area contributed by atoms with Crippen molar-refractivity contribution in [1.29, 1.82) is 0 Å². The van der Waals surface area contributed by atoms with Gasteiger partial charge in [0.15, 0.2) is 6.10 Å². The maximum Gasteiger partial charge on any atom is 0.434 e. The van der Waals surface area contributed by atoms with Gasteiger partial charge in [0.25, 0.3) is 6.10 Å². The first-order chi connectivity index (χ1) is 12.3. The van der Waals surface area contributed by atoms with E-state index in [9.17, 15) is 35.9 Å². The zero-order valence-electron chi connectivity index (χ0n) is 17.0. The van der Waals surface area contributed by atoms with Gasteiger partial charge >= 0.3 is 24.3 Å². The van der Waals surface area contributed by atoms with Crippen LogP contribution in [0.3, 0.4) is 0 Å². The Morgan fingerprint density at radius 3 is 1.61 bits per heavy atom. The van der Waals surface area contributed by atoms with Gasteiger partial charge in [-0.15, -0.1) is 0 Å².